The molecule has 0 amide bonds. The van der Waals surface area contributed by atoms with Gasteiger partial charge >= 0.3 is 0 Å². The first-order valence-corrected chi connectivity index (χ1v) is 6.93. The fourth-order valence-corrected chi connectivity index (χ4v) is 2.34. The van der Waals surface area contributed by atoms with E-state index in [4.69, 9.17) is 10.5 Å². The molecule has 2 N–H and O–H groups in total. The minimum Gasteiger partial charge on any atom is -0.384 e. The van der Waals surface area contributed by atoms with Gasteiger partial charge in [0, 0.05) is 19.1 Å². The molecule has 0 saturated heterocycles. The van der Waals surface area contributed by atoms with E-state index in [1.54, 1.807) is 7.11 Å². The summed E-state index contributed by atoms with van der Waals surface area (Å²) < 4.78 is 5.38. The maximum Gasteiger partial charge on any atom is 0.0530 e. The van der Waals surface area contributed by atoms with Gasteiger partial charge in [0.1, 0.15) is 0 Å². The van der Waals surface area contributed by atoms with Gasteiger partial charge in [-0.2, -0.15) is 0 Å². The normalized spacial score (nSPS) is 12.0. The molecule has 16 heavy (non-hydrogen) atoms. The Balaban J connectivity index is 4.09. The smallest absolute Gasteiger partial charge is 0.0530 e. The van der Waals surface area contributed by atoms with Crippen LogP contribution >= 0.6 is 0 Å². The van der Waals surface area contributed by atoms with Gasteiger partial charge in [-0.25, -0.2) is 0 Å². The van der Waals surface area contributed by atoms with E-state index in [-0.39, 0.29) is 5.41 Å². The van der Waals surface area contributed by atoms with Crippen LogP contribution in [0, 0.1) is 5.41 Å². The summed E-state index contributed by atoms with van der Waals surface area (Å²) in [4.78, 5) is 0. The van der Waals surface area contributed by atoms with E-state index in [1.807, 2.05) is 0 Å². The van der Waals surface area contributed by atoms with Gasteiger partial charge in [-0.15, -0.1) is 0 Å². The maximum absolute atomic E-state index is 5.98. The lowest BCUT2D eigenvalue weighted by molar-refractivity contribution is 0.0668. The molecule has 0 rings (SSSR count). The van der Waals surface area contributed by atoms with E-state index < -0.39 is 0 Å². The molecule has 0 aromatic heterocycles. The highest BCUT2D eigenvalue weighted by Crippen LogP contribution is 2.30. The summed E-state index contributed by atoms with van der Waals surface area (Å²) in [6.45, 7) is 6.10. The van der Waals surface area contributed by atoms with Crippen molar-refractivity contribution in [2.75, 3.05) is 20.3 Å². The van der Waals surface area contributed by atoms with E-state index >= 15 is 0 Å². The molecule has 98 valence electrons. The average molecular weight is 229 g/mol. The number of methoxy groups -OCH3 is 1. The van der Waals surface area contributed by atoms with Gasteiger partial charge in [0.05, 0.1) is 6.61 Å². The molecule has 0 radical (unpaired) electrons. The Bertz CT molecular complexity index is 138. The third-order valence-corrected chi connectivity index (χ3v) is 3.50. The molecule has 0 heterocycles. The summed E-state index contributed by atoms with van der Waals surface area (Å²) in [6, 6.07) is 0. The monoisotopic (exact) mass is 229 g/mol. The average Bonchev–Trinajstić information content (AvgIpc) is 2.29. The van der Waals surface area contributed by atoms with Crippen LogP contribution in [0.15, 0.2) is 0 Å². The van der Waals surface area contributed by atoms with Gasteiger partial charge < -0.3 is 10.5 Å². The molecule has 0 aliphatic rings. The van der Waals surface area contributed by atoms with Crippen LogP contribution in [0.1, 0.15) is 65.2 Å². The van der Waals surface area contributed by atoms with Crippen molar-refractivity contribution in [3.8, 4) is 0 Å². The third-order valence-electron chi connectivity index (χ3n) is 3.50. The first-order chi connectivity index (χ1) is 7.74. The van der Waals surface area contributed by atoms with Crippen molar-refractivity contribution in [1.29, 1.82) is 0 Å². The van der Waals surface area contributed by atoms with E-state index in [2.05, 4.69) is 13.8 Å². The van der Waals surface area contributed by atoms with Gasteiger partial charge in [0.2, 0.25) is 0 Å². The fourth-order valence-electron chi connectivity index (χ4n) is 2.34. The molecule has 0 atom stereocenters. The summed E-state index contributed by atoms with van der Waals surface area (Å²) in [7, 11) is 1.80. The Hall–Kier alpha value is -0.0800. The van der Waals surface area contributed by atoms with Crippen LogP contribution in [0.5, 0.6) is 0 Å². The quantitative estimate of drug-likeness (QED) is 0.548. The first kappa shape index (κ1) is 15.9. The number of hydrogen-bond acceptors (Lipinski definition) is 2. The van der Waals surface area contributed by atoms with Crippen molar-refractivity contribution in [3.63, 3.8) is 0 Å². The van der Waals surface area contributed by atoms with Gasteiger partial charge in [-0.1, -0.05) is 52.4 Å². The van der Waals surface area contributed by atoms with Crippen molar-refractivity contribution in [2.45, 2.75) is 65.2 Å². The SMILES string of the molecule is CCCCCC(CN)(CCCCC)COC. The molecule has 0 bridgehead atoms. The summed E-state index contributed by atoms with van der Waals surface area (Å²) in [5.74, 6) is 0. The molecular weight excluding hydrogens is 198 g/mol. The van der Waals surface area contributed by atoms with Crippen molar-refractivity contribution in [3.05, 3.63) is 0 Å². The molecule has 0 aromatic carbocycles. The van der Waals surface area contributed by atoms with Crippen LogP contribution in [0.25, 0.3) is 0 Å². The molecule has 0 unspecified atom stereocenters. The summed E-state index contributed by atoms with van der Waals surface area (Å²) in [5.41, 5.74) is 6.23. The molecule has 0 saturated carbocycles. The lowest BCUT2D eigenvalue weighted by Crippen LogP contribution is -2.35. The number of rotatable bonds is 11. The highest BCUT2D eigenvalue weighted by molar-refractivity contribution is 4.80. The molecule has 2 heteroatoms. The van der Waals surface area contributed by atoms with Crippen LogP contribution in [0.4, 0.5) is 0 Å². The Kier molecular flexibility index (Phi) is 10.0. The molecule has 0 spiro atoms. The first-order valence-electron chi connectivity index (χ1n) is 6.93. The lowest BCUT2D eigenvalue weighted by atomic mass is 9.78. The molecule has 0 aromatic rings. The van der Waals surface area contributed by atoms with Crippen molar-refractivity contribution >= 4 is 0 Å². The number of hydrogen-bond donors (Lipinski definition) is 1. The predicted molar refractivity (Wildman–Crippen MR) is 71.6 cm³/mol. The van der Waals surface area contributed by atoms with E-state index in [0.717, 1.165) is 13.2 Å². The second kappa shape index (κ2) is 10.1. The molecule has 0 aliphatic carbocycles. The lowest BCUT2D eigenvalue weighted by Gasteiger charge is -2.32. The fraction of sp³-hybridized carbons (Fsp3) is 1.00. The van der Waals surface area contributed by atoms with Gasteiger partial charge in [0.25, 0.3) is 0 Å². The number of nitrogens with two attached hydrogens (primary N) is 1. The molecule has 2 nitrogen and oxygen atoms in total. The summed E-state index contributed by atoms with van der Waals surface area (Å²) in [6.07, 6.45) is 10.2. The highest BCUT2D eigenvalue weighted by atomic mass is 16.5. The Morgan fingerprint density at radius 2 is 1.44 bits per heavy atom. The topological polar surface area (TPSA) is 35.2 Å². The summed E-state index contributed by atoms with van der Waals surface area (Å²) >= 11 is 0. The van der Waals surface area contributed by atoms with Crippen LogP contribution in [-0.4, -0.2) is 20.3 Å². The van der Waals surface area contributed by atoms with Crippen LogP contribution in [-0.2, 0) is 4.74 Å². The van der Waals surface area contributed by atoms with Gasteiger partial charge in [0.15, 0.2) is 0 Å². The number of unbranched alkanes of at least 4 members (excludes halogenated alkanes) is 4. The molecule has 0 aliphatic heterocycles. The molecule has 0 fully saturated rings. The van der Waals surface area contributed by atoms with Crippen LogP contribution < -0.4 is 5.73 Å². The van der Waals surface area contributed by atoms with Gasteiger partial charge in [-0.3, -0.25) is 0 Å². The minimum absolute atomic E-state index is 0.249. The minimum atomic E-state index is 0.249. The standard InChI is InChI=1S/C14H31NO/c1-4-6-8-10-14(12-15,13-16-3)11-9-7-5-2/h4-13,15H2,1-3H3. The van der Waals surface area contributed by atoms with E-state index in [0.29, 0.717) is 0 Å². The van der Waals surface area contributed by atoms with E-state index in [9.17, 15) is 0 Å². The van der Waals surface area contributed by atoms with Gasteiger partial charge in [-0.05, 0) is 12.8 Å². The predicted octanol–water partition coefficient (Wildman–Crippen LogP) is 3.74. The molecular formula is C14H31NO. The van der Waals surface area contributed by atoms with Crippen LogP contribution in [0.2, 0.25) is 0 Å². The second-order valence-electron chi connectivity index (χ2n) is 5.05. The Labute approximate surface area is 102 Å². The number of ether oxygens (including phenoxy) is 1. The zero-order valence-electron chi connectivity index (χ0n) is 11.6. The van der Waals surface area contributed by atoms with Crippen molar-refractivity contribution in [2.24, 2.45) is 11.1 Å². The third kappa shape index (κ3) is 6.49. The van der Waals surface area contributed by atoms with E-state index in [1.165, 1.54) is 51.4 Å². The maximum atomic E-state index is 5.98. The second-order valence-corrected chi connectivity index (χ2v) is 5.05. The van der Waals surface area contributed by atoms with Crippen molar-refractivity contribution in [1.82, 2.24) is 0 Å². The Morgan fingerprint density at radius 1 is 0.938 bits per heavy atom. The summed E-state index contributed by atoms with van der Waals surface area (Å²) in [5, 5.41) is 0. The van der Waals surface area contributed by atoms with Crippen LogP contribution in [0.3, 0.4) is 0 Å². The highest BCUT2D eigenvalue weighted by Gasteiger charge is 2.27. The van der Waals surface area contributed by atoms with Crippen molar-refractivity contribution < 1.29 is 4.74 Å². The zero-order valence-corrected chi connectivity index (χ0v) is 11.6. The zero-order chi connectivity index (χ0) is 12.3. The Morgan fingerprint density at radius 3 is 1.75 bits per heavy atom. The largest absolute Gasteiger partial charge is 0.384 e.